The zero-order valence-electron chi connectivity index (χ0n) is 11.5. The fraction of sp³-hybridized carbons (Fsp3) is 0.429. The molecule has 4 nitrogen and oxygen atoms in total. The molecule has 0 aromatic carbocycles. The van der Waals surface area contributed by atoms with Crippen LogP contribution in [0.25, 0.3) is 0 Å². The first-order chi connectivity index (χ1) is 9.10. The molecule has 19 heavy (non-hydrogen) atoms. The molecule has 102 valence electrons. The molecule has 0 saturated carbocycles. The van der Waals surface area contributed by atoms with Gasteiger partial charge in [0.15, 0.2) is 0 Å². The minimum atomic E-state index is 0.178. The Bertz CT molecular complexity index is 533. The van der Waals surface area contributed by atoms with Crippen LogP contribution in [0.15, 0.2) is 24.4 Å². The van der Waals surface area contributed by atoms with Gasteiger partial charge in [-0.15, -0.1) is 0 Å². The van der Waals surface area contributed by atoms with Gasteiger partial charge in [-0.1, -0.05) is 18.5 Å². The SMILES string of the molecule is CCNC(Cc1cc(C)nn1C)c1ccc(Cl)cn1. The Morgan fingerprint density at radius 2 is 2.21 bits per heavy atom. The lowest BCUT2D eigenvalue weighted by Gasteiger charge is -2.17. The van der Waals surface area contributed by atoms with Crippen LogP contribution in [0.4, 0.5) is 0 Å². The molecule has 2 rings (SSSR count). The highest BCUT2D eigenvalue weighted by Crippen LogP contribution is 2.18. The van der Waals surface area contributed by atoms with Crippen molar-refractivity contribution in [3.8, 4) is 0 Å². The van der Waals surface area contributed by atoms with Crippen LogP contribution >= 0.6 is 11.6 Å². The lowest BCUT2D eigenvalue weighted by atomic mass is 10.1. The first-order valence-electron chi connectivity index (χ1n) is 6.44. The molecule has 5 heteroatoms. The number of nitrogens with one attached hydrogen (secondary N) is 1. The Morgan fingerprint density at radius 1 is 1.42 bits per heavy atom. The standard InChI is InChI=1S/C14H19ClN4/c1-4-16-14(13-6-5-11(15)9-17-13)8-12-7-10(2)18-19(12)3/h5-7,9,14,16H,4,8H2,1-3H3. The van der Waals surface area contributed by atoms with Crippen molar-refractivity contribution < 1.29 is 0 Å². The van der Waals surface area contributed by atoms with Crippen molar-refractivity contribution in [2.75, 3.05) is 6.54 Å². The number of pyridine rings is 1. The Labute approximate surface area is 118 Å². The summed E-state index contributed by atoms with van der Waals surface area (Å²) in [6.07, 6.45) is 2.55. The van der Waals surface area contributed by atoms with Gasteiger partial charge in [0.25, 0.3) is 0 Å². The van der Waals surface area contributed by atoms with Gasteiger partial charge in [-0.3, -0.25) is 9.67 Å². The van der Waals surface area contributed by atoms with E-state index in [0.29, 0.717) is 5.02 Å². The number of hydrogen-bond donors (Lipinski definition) is 1. The summed E-state index contributed by atoms with van der Waals surface area (Å²) in [6.45, 7) is 5.00. The number of aryl methyl sites for hydroxylation is 2. The van der Waals surface area contributed by atoms with E-state index in [1.54, 1.807) is 6.20 Å². The van der Waals surface area contributed by atoms with E-state index in [9.17, 15) is 0 Å². The monoisotopic (exact) mass is 278 g/mol. The van der Waals surface area contributed by atoms with Crippen LogP contribution in [0.2, 0.25) is 5.02 Å². The smallest absolute Gasteiger partial charge is 0.0596 e. The fourth-order valence-corrected chi connectivity index (χ4v) is 2.30. The fourth-order valence-electron chi connectivity index (χ4n) is 2.19. The highest BCUT2D eigenvalue weighted by Gasteiger charge is 2.15. The molecule has 0 aliphatic carbocycles. The lowest BCUT2D eigenvalue weighted by Crippen LogP contribution is -2.24. The Hall–Kier alpha value is -1.39. The Balaban J connectivity index is 2.20. The molecule has 0 fully saturated rings. The summed E-state index contributed by atoms with van der Waals surface area (Å²) in [4.78, 5) is 4.41. The van der Waals surface area contributed by atoms with E-state index in [4.69, 9.17) is 11.6 Å². The third-order valence-electron chi connectivity index (χ3n) is 3.07. The summed E-state index contributed by atoms with van der Waals surface area (Å²) in [5.41, 5.74) is 3.24. The van der Waals surface area contributed by atoms with Crippen molar-refractivity contribution in [3.63, 3.8) is 0 Å². The van der Waals surface area contributed by atoms with Crippen molar-refractivity contribution in [2.24, 2.45) is 7.05 Å². The van der Waals surface area contributed by atoms with E-state index in [2.05, 4.69) is 28.4 Å². The summed E-state index contributed by atoms with van der Waals surface area (Å²) in [6, 6.07) is 6.14. The maximum atomic E-state index is 5.89. The first kappa shape index (κ1) is 14.0. The van der Waals surface area contributed by atoms with Crippen LogP contribution in [0.3, 0.4) is 0 Å². The summed E-state index contributed by atoms with van der Waals surface area (Å²) >= 11 is 5.89. The van der Waals surface area contributed by atoms with Gasteiger partial charge in [-0.05, 0) is 31.7 Å². The van der Waals surface area contributed by atoms with Crippen LogP contribution in [-0.4, -0.2) is 21.3 Å². The van der Waals surface area contributed by atoms with Crippen LogP contribution < -0.4 is 5.32 Å². The summed E-state index contributed by atoms with van der Waals surface area (Å²) in [5.74, 6) is 0. The summed E-state index contributed by atoms with van der Waals surface area (Å²) < 4.78 is 1.93. The average molecular weight is 279 g/mol. The van der Waals surface area contributed by atoms with Crippen LogP contribution in [-0.2, 0) is 13.5 Å². The van der Waals surface area contributed by atoms with Gasteiger partial charge in [0, 0.05) is 25.4 Å². The largest absolute Gasteiger partial charge is 0.309 e. The third kappa shape index (κ3) is 3.55. The maximum Gasteiger partial charge on any atom is 0.0596 e. The van der Waals surface area contributed by atoms with Gasteiger partial charge in [0.2, 0.25) is 0 Å². The second-order valence-corrected chi connectivity index (χ2v) is 5.05. The molecule has 2 heterocycles. The minimum Gasteiger partial charge on any atom is -0.309 e. The van der Waals surface area contributed by atoms with Gasteiger partial charge >= 0.3 is 0 Å². The van der Waals surface area contributed by atoms with Crippen LogP contribution in [0.5, 0.6) is 0 Å². The first-order valence-corrected chi connectivity index (χ1v) is 6.82. The zero-order chi connectivity index (χ0) is 13.8. The maximum absolute atomic E-state index is 5.89. The van der Waals surface area contributed by atoms with E-state index in [1.165, 1.54) is 5.69 Å². The van der Waals surface area contributed by atoms with E-state index in [-0.39, 0.29) is 6.04 Å². The van der Waals surface area contributed by atoms with Gasteiger partial charge in [0.1, 0.15) is 0 Å². The molecule has 2 aromatic rings. The normalized spacial score (nSPS) is 12.6. The number of halogens is 1. The molecular formula is C14H19ClN4. The second-order valence-electron chi connectivity index (χ2n) is 4.62. The molecule has 1 N–H and O–H groups in total. The van der Waals surface area contributed by atoms with Gasteiger partial charge in [-0.2, -0.15) is 5.10 Å². The van der Waals surface area contributed by atoms with E-state index >= 15 is 0 Å². The molecule has 1 atom stereocenters. The minimum absolute atomic E-state index is 0.178. The van der Waals surface area contributed by atoms with Gasteiger partial charge in [0.05, 0.1) is 22.5 Å². The topological polar surface area (TPSA) is 42.7 Å². The molecule has 0 bridgehead atoms. The van der Waals surface area contributed by atoms with E-state index < -0.39 is 0 Å². The number of nitrogens with zero attached hydrogens (tertiary/aromatic N) is 3. The van der Waals surface area contributed by atoms with Crippen molar-refractivity contribution in [1.29, 1.82) is 0 Å². The molecule has 2 aromatic heterocycles. The molecule has 0 amide bonds. The Kier molecular flexibility index (Phi) is 4.56. The number of likely N-dealkylation sites (N-methyl/N-ethyl adjacent to an activating group) is 1. The predicted octanol–water partition coefficient (Wildman–Crippen LogP) is 2.67. The summed E-state index contributed by atoms with van der Waals surface area (Å²) in [5, 5.41) is 8.50. The molecule has 0 aliphatic heterocycles. The lowest BCUT2D eigenvalue weighted by molar-refractivity contribution is 0.517. The van der Waals surface area contributed by atoms with E-state index in [1.807, 2.05) is 30.8 Å². The summed E-state index contributed by atoms with van der Waals surface area (Å²) in [7, 11) is 1.97. The highest BCUT2D eigenvalue weighted by molar-refractivity contribution is 6.30. The van der Waals surface area contributed by atoms with Crippen LogP contribution in [0.1, 0.15) is 30.0 Å². The number of hydrogen-bond acceptors (Lipinski definition) is 3. The number of aromatic nitrogens is 3. The van der Waals surface area contributed by atoms with Crippen molar-refractivity contribution in [2.45, 2.75) is 26.3 Å². The third-order valence-corrected chi connectivity index (χ3v) is 3.29. The van der Waals surface area contributed by atoms with Gasteiger partial charge in [-0.25, -0.2) is 0 Å². The van der Waals surface area contributed by atoms with Crippen molar-refractivity contribution >= 4 is 11.6 Å². The molecule has 0 radical (unpaired) electrons. The molecule has 0 aliphatic rings. The average Bonchev–Trinajstić information content (AvgIpc) is 2.68. The zero-order valence-corrected chi connectivity index (χ0v) is 12.3. The second kappa shape index (κ2) is 6.17. The van der Waals surface area contributed by atoms with Crippen LogP contribution in [0, 0.1) is 6.92 Å². The molecule has 0 spiro atoms. The molecular weight excluding hydrogens is 260 g/mol. The highest BCUT2D eigenvalue weighted by atomic mass is 35.5. The van der Waals surface area contributed by atoms with Crippen molar-refractivity contribution in [3.05, 3.63) is 46.5 Å². The molecule has 0 saturated heterocycles. The van der Waals surface area contributed by atoms with E-state index in [0.717, 1.165) is 24.4 Å². The quantitative estimate of drug-likeness (QED) is 0.914. The van der Waals surface area contributed by atoms with Crippen molar-refractivity contribution in [1.82, 2.24) is 20.1 Å². The molecule has 1 unspecified atom stereocenters. The predicted molar refractivity (Wildman–Crippen MR) is 77.3 cm³/mol. The Morgan fingerprint density at radius 3 is 2.74 bits per heavy atom. The number of rotatable bonds is 5. The van der Waals surface area contributed by atoms with Gasteiger partial charge < -0.3 is 5.32 Å².